The molecule has 0 aromatic heterocycles. The summed E-state index contributed by atoms with van der Waals surface area (Å²) in [6, 6.07) is 6.13. The molecular formula is C14H19NO5. The molecule has 3 N–H and O–H groups in total. The maximum Gasteiger partial charge on any atom is 0.407 e. The van der Waals surface area contributed by atoms with E-state index in [1.165, 1.54) is 12.1 Å². The van der Waals surface area contributed by atoms with Gasteiger partial charge in [0.25, 0.3) is 0 Å². The Morgan fingerprint density at radius 2 is 1.90 bits per heavy atom. The van der Waals surface area contributed by atoms with Gasteiger partial charge in [-0.1, -0.05) is 18.2 Å². The van der Waals surface area contributed by atoms with Crippen molar-refractivity contribution in [3.8, 4) is 5.75 Å². The summed E-state index contributed by atoms with van der Waals surface area (Å²) in [6.45, 7) is 4.97. The van der Waals surface area contributed by atoms with Gasteiger partial charge in [-0.15, -0.1) is 0 Å². The summed E-state index contributed by atoms with van der Waals surface area (Å²) in [5, 5.41) is 21.3. The van der Waals surface area contributed by atoms with E-state index in [1.807, 2.05) is 0 Å². The fourth-order valence-corrected chi connectivity index (χ4v) is 1.61. The lowest BCUT2D eigenvalue weighted by molar-refractivity contribution is -0.138. The summed E-state index contributed by atoms with van der Waals surface area (Å²) < 4.78 is 5.03. The van der Waals surface area contributed by atoms with E-state index in [2.05, 4.69) is 5.32 Å². The van der Waals surface area contributed by atoms with Crippen LogP contribution in [0.25, 0.3) is 0 Å². The van der Waals surface area contributed by atoms with Gasteiger partial charge in [0, 0.05) is 12.1 Å². The molecular weight excluding hydrogens is 262 g/mol. The molecule has 0 saturated carbocycles. The highest BCUT2D eigenvalue weighted by Crippen LogP contribution is 2.25. The number of carboxylic acid groups (broad SMARTS) is 1. The topological polar surface area (TPSA) is 95.9 Å². The molecule has 1 atom stereocenters. The van der Waals surface area contributed by atoms with E-state index >= 15 is 0 Å². The zero-order chi connectivity index (χ0) is 15.3. The zero-order valence-electron chi connectivity index (χ0n) is 11.7. The van der Waals surface area contributed by atoms with Crippen LogP contribution < -0.4 is 5.32 Å². The molecule has 1 aromatic carbocycles. The van der Waals surface area contributed by atoms with Crippen molar-refractivity contribution in [1.29, 1.82) is 0 Å². The molecule has 1 amide bonds. The molecule has 0 aliphatic rings. The molecule has 6 nitrogen and oxygen atoms in total. The van der Waals surface area contributed by atoms with Gasteiger partial charge in [0.2, 0.25) is 0 Å². The smallest absolute Gasteiger partial charge is 0.407 e. The zero-order valence-corrected chi connectivity index (χ0v) is 11.7. The number of rotatable bonds is 4. The first kappa shape index (κ1) is 15.8. The average molecular weight is 281 g/mol. The molecule has 1 aromatic rings. The fourth-order valence-electron chi connectivity index (χ4n) is 1.61. The van der Waals surface area contributed by atoms with Crippen LogP contribution in [-0.4, -0.2) is 34.4 Å². The van der Waals surface area contributed by atoms with E-state index in [0.717, 1.165) is 0 Å². The Kier molecular flexibility index (Phi) is 4.96. The number of nitrogens with one attached hydrogen (secondary N) is 1. The number of carbonyl (C=O) groups is 2. The maximum absolute atomic E-state index is 11.5. The lowest BCUT2D eigenvalue weighted by Crippen LogP contribution is -2.36. The fraction of sp³-hybridized carbons (Fsp3) is 0.429. The number of benzene rings is 1. The van der Waals surface area contributed by atoms with E-state index in [1.54, 1.807) is 32.9 Å². The summed E-state index contributed by atoms with van der Waals surface area (Å²) in [5.74, 6) is -2.29. The first-order valence-electron chi connectivity index (χ1n) is 6.18. The molecule has 0 bridgehead atoms. The standard InChI is InChI=1S/C14H19NO5/c1-14(2,3)20-13(19)15-8-10(12(17)18)9-6-4-5-7-11(9)16/h4-7,10,16H,8H2,1-3H3,(H,15,19)(H,17,18). The van der Waals surface area contributed by atoms with E-state index in [4.69, 9.17) is 4.74 Å². The van der Waals surface area contributed by atoms with Crippen molar-refractivity contribution in [3.63, 3.8) is 0 Å². The van der Waals surface area contributed by atoms with Gasteiger partial charge in [-0.2, -0.15) is 0 Å². The average Bonchev–Trinajstić information content (AvgIpc) is 2.28. The van der Waals surface area contributed by atoms with Gasteiger partial charge in [-0.05, 0) is 26.8 Å². The number of aliphatic carboxylic acids is 1. The quantitative estimate of drug-likeness (QED) is 0.785. The Morgan fingerprint density at radius 1 is 1.30 bits per heavy atom. The third-order valence-corrected chi connectivity index (χ3v) is 2.46. The Bertz CT molecular complexity index is 493. The SMILES string of the molecule is CC(C)(C)OC(=O)NCC(C(=O)O)c1ccccc1O. The minimum atomic E-state index is -1.14. The van der Waals surface area contributed by atoms with Gasteiger partial charge in [0.05, 0.1) is 0 Å². The van der Waals surface area contributed by atoms with Crippen LogP contribution in [0.2, 0.25) is 0 Å². The molecule has 0 fully saturated rings. The summed E-state index contributed by atoms with van der Waals surface area (Å²) in [5.41, 5.74) is -0.409. The van der Waals surface area contributed by atoms with E-state index in [-0.39, 0.29) is 17.9 Å². The van der Waals surface area contributed by atoms with E-state index in [9.17, 15) is 19.8 Å². The molecule has 20 heavy (non-hydrogen) atoms. The number of hydrogen-bond donors (Lipinski definition) is 3. The predicted molar refractivity (Wildman–Crippen MR) is 72.7 cm³/mol. The van der Waals surface area contributed by atoms with Crippen molar-refractivity contribution in [2.75, 3.05) is 6.54 Å². The van der Waals surface area contributed by atoms with E-state index < -0.39 is 23.6 Å². The van der Waals surface area contributed by atoms with Crippen LogP contribution in [0, 0.1) is 0 Å². The number of phenols is 1. The number of para-hydroxylation sites is 1. The molecule has 1 unspecified atom stereocenters. The second-order valence-corrected chi connectivity index (χ2v) is 5.33. The van der Waals surface area contributed by atoms with Gasteiger partial charge in [0.1, 0.15) is 17.3 Å². The molecule has 0 saturated heterocycles. The summed E-state index contributed by atoms with van der Waals surface area (Å²) in [4.78, 5) is 22.8. The molecule has 0 aliphatic heterocycles. The molecule has 6 heteroatoms. The second-order valence-electron chi connectivity index (χ2n) is 5.33. The summed E-state index contributed by atoms with van der Waals surface area (Å²) in [6.07, 6.45) is -0.695. The van der Waals surface area contributed by atoms with Gasteiger partial charge >= 0.3 is 12.1 Å². The number of amides is 1. The number of alkyl carbamates (subject to hydrolysis) is 1. The highest BCUT2D eigenvalue weighted by atomic mass is 16.6. The lowest BCUT2D eigenvalue weighted by Gasteiger charge is -2.21. The molecule has 0 aliphatic carbocycles. The Balaban J connectivity index is 2.73. The Hall–Kier alpha value is -2.24. The maximum atomic E-state index is 11.5. The van der Waals surface area contributed by atoms with Crippen LogP contribution in [0.15, 0.2) is 24.3 Å². The molecule has 110 valence electrons. The first-order valence-corrected chi connectivity index (χ1v) is 6.18. The minimum Gasteiger partial charge on any atom is -0.508 e. The number of carboxylic acids is 1. The summed E-state index contributed by atoms with van der Waals surface area (Å²) in [7, 11) is 0. The van der Waals surface area contributed by atoms with Gasteiger partial charge < -0.3 is 20.3 Å². The highest BCUT2D eigenvalue weighted by molar-refractivity contribution is 5.78. The van der Waals surface area contributed by atoms with Gasteiger partial charge in [-0.3, -0.25) is 4.79 Å². The van der Waals surface area contributed by atoms with Crippen LogP contribution in [-0.2, 0) is 9.53 Å². The van der Waals surface area contributed by atoms with Crippen LogP contribution in [0.1, 0.15) is 32.3 Å². The van der Waals surface area contributed by atoms with Crippen LogP contribution >= 0.6 is 0 Å². The van der Waals surface area contributed by atoms with E-state index in [0.29, 0.717) is 0 Å². The van der Waals surface area contributed by atoms with Crippen LogP contribution in [0.3, 0.4) is 0 Å². The van der Waals surface area contributed by atoms with Crippen molar-refractivity contribution in [3.05, 3.63) is 29.8 Å². The normalized spacial score (nSPS) is 12.6. The van der Waals surface area contributed by atoms with Crippen molar-refractivity contribution in [1.82, 2.24) is 5.32 Å². The number of ether oxygens (including phenoxy) is 1. The Labute approximate surface area is 117 Å². The predicted octanol–water partition coefficient (Wildman–Crippen LogP) is 2.09. The van der Waals surface area contributed by atoms with Crippen molar-refractivity contribution < 1.29 is 24.5 Å². The van der Waals surface area contributed by atoms with Gasteiger partial charge in [0.15, 0.2) is 0 Å². The number of carbonyl (C=O) groups excluding carboxylic acids is 1. The lowest BCUT2D eigenvalue weighted by atomic mass is 9.98. The Morgan fingerprint density at radius 3 is 2.40 bits per heavy atom. The highest BCUT2D eigenvalue weighted by Gasteiger charge is 2.24. The number of aromatic hydroxyl groups is 1. The number of hydrogen-bond acceptors (Lipinski definition) is 4. The van der Waals surface area contributed by atoms with Crippen molar-refractivity contribution in [2.24, 2.45) is 0 Å². The molecule has 0 radical (unpaired) electrons. The minimum absolute atomic E-state index is 0.120. The van der Waals surface area contributed by atoms with Gasteiger partial charge in [-0.25, -0.2) is 4.79 Å². The second kappa shape index (κ2) is 6.27. The van der Waals surface area contributed by atoms with Crippen LogP contribution in [0.5, 0.6) is 5.75 Å². The molecule has 0 spiro atoms. The summed E-state index contributed by atoms with van der Waals surface area (Å²) >= 11 is 0. The third kappa shape index (κ3) is 4.79. The van der Waals surface area contributed by atoms with Crippen molar-refractivity contribution >= 4 is 12.1 Å². The van der Waals surface area contributed by atoms with Crippen molar-refractivity contribution in [2.45, 2.75) is 32.3 Å². The first-order chi connectivity index (χ1) is 9.20. The molecule has 1 rings (SSSR count). The van der Waals surface area contributed by atoms with Crippen LogP contribution in [0.4, 0.5) is 4.79 Å². The third-order valence-electron chi connectivity index (χ3n) is 2.46. The monoisotopic (exact) mass is 281 g/mol. The largest absolute Gasteiger partial charge is 0.508 e. The molecule has 0 heterocycles. The number of phenolic OH excluding ortho intramolecular Hbond substituents is 1.